The molecule has 1 fully saturated rings. The summed E-state index contributed by atoms with van der Waals surface area (Å²) < 4.78 is 7.54. The van der Waals surface area contributed by atoms with Crippen molar-refractivity contribution in [1.29, 1.82) is 5.26 Å². The van der Waals surface area contributed by atoms with Crippen molar-refractivity contribution in [3.8, 4) is 23.1 Å². The van der Waals surface area contributed by atoms with Crippen LogP contribution in [0.4, 0.5) is 10.5 Å². The van der Waals surface area contributed by atoms with Gasteiger partial charge in [0.2, 0.25) is 0 Å². The van der Waals surface area contributed by atoms with Crippen molar-refractivity contribution in [1.82, 2.24) is 9.88 Å². The van der Waals surface area contributed by atoms with Crippen molar-refractivity contribution in [2.45, 2.75) is 6.92 Å². The Morgan fingerprint density at radius 3 is 2.57 bits per heavy atom. The number of rotatable bonds is 4. The molecule has 4 rings (SSSR count). The van der Waals surface area contributed by atoms with Gasteiger partial charge in [-0.1, -0.05) is 12.1 Å². The van der Waals surface area contributed by atoms with Crippen molar-refractivity contribution < 1.29 is 15.8 Å². The highest BCUT2D eigenvalue weighted by atomic mass is 16.5. The molecule has 0 saturated carbocycles. The number of nitrogens with zero attached hydrogens (tertiary/aromatic N) is 3. The third-order valence-corrected chi connectivity index (χ3v) is 4.84. The first-order valence-corrected chi connectivity index (χ1v) is 8.91. The van der Waals surface area contributed by atoms with Gasteiger partial charge in [0.25, 0.3) is 5.91 Å². The number of amides is 3. The van der Waals surface area contributed by atoms with Crippen LogP contribution < -0.4 is 15.0 Å². The zero-order valence-corrected chi connectivity index (χ0v) is 15.5. The molecule has 0 aliphatic carbocycles. The molecule has 1 aliphatic heterocycles. The number of carbonyl (C=O) groups is 2. The number of aryl methyl sites for hydroxylation is 1. The number of nitriles is 1. The molecule has 28 heavy (non-hydrogen) atoms. The second-order valence-electron chi connectivity index (χ2n) is 6.44. The van der Waals surface area contributed by atoms with Crippen molar-refractivity contribution in [3.63, 3.8) is 0 Å². The number of hydrogen-bond acceptors (Lipinski definition) is 4. The fourth-order valence-corrected chi connectivity index (χ4v) is 3.58. The van der Waals surface area contributed by atoms with E-state index in [1.54, 1.807) is 12.1 Å². The van der Waals surface area contributed by atoms with Crippen molar-refractivity contribution in [2.75, 3.05) is 18.1 Å². The average molecular weight is 376 g/mol. The van der Waals surface area contributed by atoms with Crippen LogP contribution >= 0.6 is 0 Å². The summed E-state index contributed by atoms with van der Waals surface area (Å²) in [5.74, 6) is 0.462. The van der Waals surface area contributed by atoms with Gasteiger partial charge in [-0.15, -0.1) is 0 Å². The number of fused-ring (bicyclic) bond motifs is 1. The van der Waals surface area contributed by atoms with E-state index in [4.69, 9.17) is 4.74 Å². The number of imide groups is 1. The Hall–Kier alpha value is -3.79. The molecule has 0 unspecified atom stereocenters. The molecule has 2 aromatic carbocycles. The van der Waals surface area contributed by atoms with Gasteiger partial charge in [-0.3, -0.25) is 4.79 Å². The first kappa shape index (κ1) is 17.6. The highest BCUT2D eigenvalue weighted by Gasteiger charge is 2.30. The van der Waals surface area contributed by atoms with Gasteiger partial charge < -0.3 is 14.6 Å². The summed E-state index contributed by atoms with van der Waals surface area (Å²) in [6.45, 7) is 2.50. The molecule has 1 saturated heterocycles. The second-order valence-corrected chi connectivity index (χ2v) is 6.44. The van der Waals surface area contributed by atoms with Gasteiger partial charge >= 0.3 is 6.03 Å². The van der Waals surface area contributed by atoms with E-state index in [2.05, 4.69) is 11.4 Å². The summed E-state index contributed by atoms with van der Waals surface area (Å²) in [7, 11) is 1.90. The van der Waals surface area contributed by atoms with Gasteiger partial charge in [0.15, 0.2) is 0 Å². The zero-order chi connectivity index (χ0) is 19.8. The van der Waals surface area contributed by atoms with E-state index in [1.165, 1.54) is 0 Å². The van der Waals surface area contributed by atoms with Gasteiger partial charge in [-0.2, -0.15) is 5.26 Å². The third kappa shape index (κ3) is 2.67. The van der Waals surface area contributed by atoms with E-state index in [9.17, 15) is 14.9 Å². The molecule has 0 bridgehead atoms. The third-order valence-electron chi connectivity index (χ3n) is 4.84. The van der Waals surface area contributed by atoms with E-state index >= 15 is 0 Å². The molecule has 0 atom stereocenters. The highest BCUT2D eigenvalue weighted by molar-refractivity contribution is 6.19. The molecule has 142 valence electrons. The monoisotopic (exact) mass is 376 g/mol. The predicted octanol–water partition coefficient (Wildman–Crippen LogP) is 3.42. The Morgan fingerprint density at radius 1 is 1.21 bits per heavy atom. The van der Waals surface area contributed by atoms with Gasteiger partial charge in [0.05, 0.1) is 35.6 Å². The zero-order valence-electron chi connectivity index (χ0n) is 15.5. The molecule has 1 N–H and O–H groups in total. The average Bonchev–Trinajstić information content (AvgIpc) is 3.18. The predicted molar refractivity (Wildman–Crippen MR) is 107 cm³/mol. The van der Waals surface area contributed by atoms with Crippen LogP contribution in [0.3, 0.4) is 0 Å². The highest BCUT2D eigenvalue weighted by Crippen LogP contribution is 2.35. The smallest absolute Gasteiger partial charge is 0.329 e. The molecule has 1 aliphatic rings. The lowest BCUT2D eigenvalue weighted by Gasteiger charge is -2.13. The van der Waals surface area contributed by atoms with Crippen molar-refractivity contribution in [3.05, 3.63) is 48.0 Å². The molecule has 7 nitrogen and oxygen atoms in total. The number of hydrogen-bond donors (Lipinski definition) is 1. The van der Waals surface area contributed by atoms with Crippen LogP contribution in [0.2, 0.25) is 0 Å². The first-order chi connectivity index (χ1) is 13.5. The van der Waals surface area contributed by atoms with E-state index < -0.39 is 6.03 Å². The lowest BCUT2D eigenvalue weighted by Crippen LogP contribution is -2.30. The van der Waals surface area contributed by atoms with Crippen molar-refractivity contribution in [2.24, 2.45) is 7.05 Å². The van der Waals surface area contributed by atoms with Gasteiger partial charge in [0.1, 0.15) is 11.8 Å². The maximum absolute atomic E-state index is 11.9. The largest absolute Gasteiger partial charge is 0.494 e. The van der Waals surface area contributed by atoms with Gasteiger partial charge in [-0.05, 0) is 36.8 Å². The SMILES string of the molecule is CCOc1ccc2c(C#N)c(-c3ccc(N4C(=O)CNC4=O)cc3)n(C)c2c1.[HH]. The Labute approximate surface area is 163 Å². The minimum Gasteiger partial charge on any atom is -0.494 e. The molecule has 0 radical (unpaired) electrons. The van der Waals surface area contributed by atoms with E-state index in [-0.39, 0.29) is 13.9 Å². The number of anilines is 1. The standard InChI is InChI=1S/C21H18N4O3.H2/c1-3-28-15-8-9-16-17(11-22)20(24(2)18(16)10-15)13-4-6-14(7-5-13)25-19(26)12-23-21(25)27;/h4-10H,3,12H2,1-2H3,(H,23,27);1H. The maximum atomic E-state index is 11.9. The molecule has 3 aromatic rings. The Morgan fingerprint density at radius 2 is 1.96 bits per heavy atom. The molecule has 2 heterocycles. The topological polar surface area (TPSA) is 87.4 Å². The minimum atomic E-state index is -0.427. The van der Waals surface area contributed by atoms with Crippen LogP contribution in [-0.2, 0) is 11.8 Å². The summed E-state index contributed by atoms with van der Waals surface area (Å²) in [4.78, 5) is 24.8. The van der Waals surface area contributed by atoms with Crippen LogP contribution in [0.5, 0.6) is 5.75 Å². The summed E-state index contributed by atoms with van der Waals surface area (Å²) in [5.41, 5.74) is 3.57. The molecule has 3 amide bonds. The molecule has 7 heteroatoms. The second kappa shape index (κ2) is 6.74. The van der Waals surface area contributed by atoms with E-state index in [1.807, 2.05) is 48.9 Å². The van der Waals surface area contributed by atoms with Crippen LogP contribution in [-0.4, -0.2) is 29.7 Å². The van der Waals surface area contributed by atoms with Crippen molar-refractivity contribution >= 4 is 28.5 Å². The number of carbonyl (C=O) groups excluding carboxylic acids is 2. The number of benzene rings is 2. The number of nitrogens with one attached hydrogen (secondary N) is 1. The van der Waals surface area contributed by atoms with E-state index in [0.717, 1.165) is 32.8 Å². The number of aromatic nitrogens is 1. The summed E-state index contributed by atoms with van der Waals surface area (Å²) in [6.07, 6.45) is 0. The number of urea groups is 1. The summed E-state index contributed by atoms with van der Waals surface area (Å²) in [6, 6.07) is 14.6. The Bertz CT molecular complexity index is 1130. The van der Waals surface area contributed by atoms with Crippen LogP contribution in [0.1, 0.15) is 13.9 Å². The lowest BCUT2D eigenvalue weighted by molar-refractivity contribution is -0.115. The van der Waals surface area contributed by atoms with E-state index in [0.29, 0.717) is 17.9 Å². The van der Waals surface area contributed by atoms with Crippen LogP contribution in [0.15, 0.2) is 42.5 Å². The number of ether oxygens (including phenoxy) is 1. The fraction of sp³-hybridized carbons (Fsp3) is 0.190. The van der Waals surface area contributed by atoms with Crippen LogP contribution in [0.25, 0.3) is 22.2 Å². The lowest BCUT2D eigenvalue weighted by atomic mass is 10.1. The fourth-order valence-electron chi connectivity index (χ4n) is 3.58. The Balaban J connectivity index is 0.00000240. The molecule has 1 aromatic heterocycles. The maximum Gasteiger partial charge on any atom is 0.329 e. The van der Waals surface area contributed by atoms with Gasteiger partial charge in [0, 0.05) is 19.9 Å². The molecule has 0 spiro atoms. The molecular formula is C21H20N4O3. The van der Waals surface area contributed by atoms with Gasteiger partial charge in [-0.25, -0.2) is 9.69 Å². The molecular weight excluding hydrogens is 356 g/mol. The minimum absolute atomic E-state index is 0. The Kier molecular flexibility index (Phi) is 4.24. The normalized spacial score (nSPS) is 13.7. The quantitative estimate of drug-likeness (QED) is 0.707. The summed E-state index contributed by atoms with van der Waals surface area (Å²) in [5, 5.41) is 13.1. The van der Waals surface area contributed by atoms with Crippen LogP contribution in [0, 0.1) is 11.3 Å². The summed E-state index contributed by atoms with van der Waals surface area (Å²) >= 11 is 0. The first-order valence-electron chi connectivity index (χ1n) is 8.91.